The molecule has 0 spiro atoms. The van der Waals surface area contributed by atoms with Gasteiger partial charge in [0.25, 0.3) is 0 Å². The highest BCUT2D eigenvalue weighted by atomic mass is 19.2. The van der Waals surface area contributed by atoms with Gasteiger partial charge in [-0.1, -0.05) is 5.12 Å². The van der Waals surface area contributed by atoms with Crippen molar-refractivity contribution < 1.29 is 18.8 Å². The lowest BCUT2D eigenvalue weighted by atomic mass is 9.74. The van der Waals surface area contributed by atoms with E-state index in [9.17, 15) is 13.7 Å². The fourth-order valence-corrected chi connectivity index (χ4v) is 2.34. The summed E-state index contributed by atoms with van der Waals surface area (Å²) in [5.41, 5.74) is 0. The minimum atomic E-state index is -2.02. The van der Waals surface area contributed by atoms with Gasteiger partial charge in [0.2, 0.25) is 0 Å². The van der Waals surface area contributed by atoms with Crippen molar-refractivity contribution >= 4 is 5.97 Å². The second kappa shape index (κ2) is 2.64. The van der Waals surface area contributed by atoms with Crippen molar-refractivity contribution in [2.75, 3.05) is 0 Å². The van der Waals surface area contributed by atoms with Gasteiger partial charge in [-0.25, -0.2) is 4.39 Å². The number of nitrogens with zero attached hydrogens (tertiary/aromatic N) is 1. The standard InChI is InChI=1S/C8H11F2NO2/c9-8-3-1-5(2-4-8)6(7(12)13)11(8)10/h5-6H,1-4H2,(H,12,13). The largest absolute Gasteiger partial charge is 0.480 e. The molecule has 0 aromatic carbocycles. The average Bonchev–Trinajstić information content (AvgIpc) is 2.07. The summed E-state index contributed by atoms with van der Waals surface area (Å²) in [5, 5.41) is 8.61. The van der Waals surface area contributed by atoms with E-state index in [0.717, 1.165) is 0 Å². The van der Waals surface area contributed by atoms with Gasteiger partial charge >= 0.3 is 5.97 Å². The van der Waals surface area contributed by atoms with Crippen LogP contribution in [-0.2, 0) is 4.79 Å². The molecule has 2 bridgehead atoms. The molecule has 2 saturated heterocycles. The summed E-state index contributed by atoms with van der Waals surface area (Å²) in [5.74, 6) is -3.49. The van der Waals surface area contributed by atoms with Crippen LogP contribution in [0.4, 0.5) is 8.87 Å². The number of fused-ring (bicyclic) bond motifs is 3. The van der Waals surface area contributed by atoms with Crippen LogP contribution < -0.4 is 0 Å². The SMILES string of the molecule is O=C(O)C1C2CCC(F)(CC2)N1F. The number of carboxylic acid groups (broad SMARTS) is 1. The molecule has 1 unspecified atom stereocenters. The molecule has 0 aromatic rings. The summed E-state index contributed by atoms with van der Waals surface area (Å²) in [6.45, 7) is 0. The summed E-state index contributed by atoms with van der Waals surface area (Å²) < 4.78 is 26.9. The third-order valence-electron chi connectivity index (χ3n) is 3.12. The maximum absolute atomic E-state index is 13.6. The third kappa shape index (κ3) is 1.14. The highest BCUT2D eigenvalue weighted by Gasteiger charge is 2.56. The zero-order valence-corrected chi connectivity index (χ0v) is 7.04. The maximum atomic E-state index is 13.6. The summed E-state index contributed by atoms with van der Waals surface area (Å²) in [6, 6.07) is -1.27. The number of hydrogen-bond acceptors (Lipinski definition) is 2. The van der Waals surface area contributed by atoms with E-state index in [2.05, 4.69) is 0 Å². The molecule has 2 heterocycles. The first-order valence-corrected chi connectivity index (χ1v) is 4.41. The first-order valence-electron chi connectivity index (χ1n) is 4.41. The van der Waals surface area contributed by atoms with E-state index in [1.807, 2.05) is 0 Å². The predicted octanol–water partition coefficient (Wildman–Crippen LogP) is 1.50. The summed E-state index contributed by atoms with van der Waals surface area (Å²) >= 11 is 0. The van der Waals surface area contributed by atoms with Crippen LogP contribution in [0.15, 0.2) is 0 Å². The molecule has 2 aliphatic heterocycles. The number of piperidine rings is 2. The van der Waals surface area contributed by atoms with Crippen LogP contribution in [0.5, 0.6) is 0 Å². The fourth-order valence-electron chi connectivity index (χ4n) is 2.34. The van der Waals surface area contributed by atoms with Crippen molar-refractivity contribution in [3.63, 3.8) is 0 Å². The van der Waals surface area contributed by atoms with Crippen LogP contribution in [0.25, 0.3) is 0 Å². The molecule has 3 nitrogen and oxygen atoms in total. The summed E-state index contributed by atoms with van der Waals surface area (Å²) in [4.78, 5) is 10.6. The molecule has 74 valence electrons. The lowest BCUT2D eigenvalue weighted by Gasteiger charge is -2.48. The fraction of sp³-hybridized carbons (Fsp3) is 0.875. The van der Waals surface area contributed by atoms with Crippen LogP contribution in [0, 0.1) is 5.92 Å². The second-order valence-corrected chi connectivity index (χ2v) is 3.85. The molecule has 0 radical (unpaired) electrons. The van der Waals surface area contributed by atoms with Gasteiger partial charge in [-0.15, -0.1) is 4.48 Å². The molecule has 1 saturated carbocycles. The molecule has 3 rings (SSSR count). The van der Waals surface area contributed by atoms with Gasteiger partial charge in [-0.2, -0.15) is 0 Å². The van der Waals surface area contributed by atoms with Crippen LogP contribution >= 0.6 is 0 Å². The molecule has 1 aliphatic carbocycles. The Labute approximate surface area is 74.3 Å². The quantitative estimate of drug-likeness (QED) is 0.504. The molecule has 1 N–H and O–H groups in total. The number of rotatable bonds is 1. The van der Waals surface area contributed by atoms with E-state index in [0.29, 0.717) is 12.8 Å². The monoisotopic (exact) mass is 191 g/mol. The van der Waals surface area contributed by atoms with Gasteiger partial charge < -0.3 is 5.11 Å². The molecule has 3 aliphatic rings. The number of hydrogen-bond donors (Lipinski definition) is 1. The van der Waals surface area contributed by atoms with Gasteiger partial charge in [0.15, 0.2) is 5.79 Å². The smallest absolute Gasteiger partial charge is 0.324 e. The highest BCUT2D eigenvalue weighted by Crippen LogP contribution is 2.47. The number of carboxylic acids is 1. The van der Waals surface area contributed by atoms with E-state index < -0.39 is 17.8 Å². The molecule has 3 fully saturated rings. The van der Waals surface area contributed by atoms with Crippen LogP contribution in [0.2, 0.25) is 0 Å². The van der Waals surface area contributed by atoms with Crippen molar-refractivity contribution in [2.45, 2.75) is 37.5 Å². The maximum Gasteiger partial charge on any atom is 0.324 e. The minimum Gasteiger partial charge on any atom is -0.480 e. The Morgan fingerprint density at radius 2 is 2.00 bits per heavy atom. The number of carbonyl (C=O) groups is 1. The van der Waals surface area contributed by atoms with Gasteiger partial charge in [0.1, 0.15) is 6.04 Å². The van der Waals surface area contributed by atoms with Gasteiger partial charge in [0, 0.05) is 0 Å². The van der Waals surface area contributed by atoms with E-state index in [-0.39, 0.29) is 23.9 Å². The van der Waals surface area contributed by atoms with Crippen LogP contribution in [0.1, 0.15) is 25.7 Å². The molecule has 13 heavy (non-hydrogen) atoms. The molecule has 0 aromatic heterocycles. The Bertz CT molecular complexity index is 238. The zero-order chi connectivity index (χ0) is 9.64. The van der Waals surface area contributed by atoms with Crippen molar-refractivity contribution in [1.82, 2.24) is 5.12 Å². The number of halogens is 2. The average molecular weight is 191 g/mol. The Hall–Kier alpha value is -0.710. The number of alkyl halides is 1. The summed E-state index contributed by atoms with van der Waals surface area (Å²) in [7, 11) is 0. The molecule has 5 heteroatoms. The zero-order valence-electron chi connectivity index (χ0n) is 7.04. The van der Waals surface area contributed by atoms with Crippen molar-refractivity contribution in [2.24, 2.45) is 5.92 Å². The lowest BCUT2D eigenvalue weighted by Crippen LogP contribution is -2.60. The molecule has 1 atom stereocenters. The van der Waals surface area contributed by atoms with E-state index in [4.69, 9.17) is 5.11 Å². The normalized spacial score (nSPS) is 45.1. The van der Waals surface area contributed by atoms with Gasteiger partial charge in [-0.3, -0.25) is 4.79 Å². The van der Waals surface area contributed by atoms with Crippen LogP contribution in [0.3, 0.4) is 0 Å². The summed E-state index contributed by atoms with van der Waals surface area (Å²) in [6.07, 6.45) is 1.21. The van der Waals surface area contributed by atoms with Gasteiger partial charge in [0.05, 0.1) is 0 Å². The van der Waals surface area contributed by atoms with Crippen LogP contribution in [-0.4, -0.2) is 28.0 Å². The Balaban J connectivity index is 2.26. The van der Waals surface area contributed by atoms with E-state index in [1.54, 1.807) is 0 Å². The predicted molar refractivity (Wildman–Crippen MR) is 40.2 cm³/mol. The molecular formula is C8H11F2NO2. The molecule has 0 amide bonds. The lowest BCUT2D eigenvalue weighted by molar-refractivity contribution is -0.253. The minimum absolute atomic E-state index is 0.0903. The Morgan fingerprint density at radius 3 is 2.38 bits per heavy atom. The van der Waals surface area contributed by atoms with E-state index >= 15 is 0 Å². The van der Waals surface area contributed by atoms with Crippen molar-refractivity contribution in [3.05, 3.63) is 0 Å². The Kier molecular flexibility index (Phi) is 1.80. The van der Waals surface area contributed by atoms with Gasteiger partial charge in [-0.05, 0) is 31.6 Å². The third-order valence-corrected chi connectivity index (χ3v) is 3.12. The highest BCUT2D eigenvalue weighted by molar-refractivity contribution is 5.74. The first kappa shape index (κ1) is 8.87. The van der Waals surface area contributed by atoms with Crippen molar-refractivity contribution in [3.8, 4) is 0 Å². The number of aliphatic carboxylic acids is 1. The first-order chi connectivity index (χ1) is 6.04. The molecular weight excluding hydrogens is 180 g/mol. The Morgan fingerprint density at radius 1 is 1.46 bits per heavy atom. The van der Waals surface area contributed by atoms with Crippen molar-refractivity contribution in [1.29, 1.82) is 0 Å². The second-order valence-electron chi connectivity index (χ2n) is 3.85. The topological polar surface area (TPSA) is 40.5 Å². The van der Waals surface area contributed by atoms with E-state index in [1.165, 1.54) is 0 Å².